The van der Waals surface area contributed by atoms with E-state index in [2.05, 4.69) is 31.4 Å². The van der Waals surface area contributed by atoms with Gasteiger partial charge in [0, 0.05) is 11.4 Å². The summed E-state index contributed by atoms with van der Waals surface area (Å²) in [4.78, 5) is 16.9. The number of hydrogen-bond donors (Lipinski definition) is 1. The Balaban J connectivity index is 1.90. The van der Waals surface area contributed by atoms with Crippen molar-refractivity contribution in [2.45, 2.75) is 38.1 Å². The van der Waals surface area contributed by atoms with Crippen molar-refractivity contribution >= 4 is 21.8 Å². The van der Waals surface area contributed by atoms with Crippen LogP contribution in [-0.4, -0.2) is 16.0 Å². The number of nitrogens with zero attached hydrogens (tertiary/aromatic N) is 2. The lowest BCUT2D eigenvalue weighted by Gasteiger charge is -2.27. The molecule has 0 saturated heterocycles. The van der Waals surface area contributed by atoms with Gasteiger partial charge in [-0.1, -0.05) is 30.1 Å². The largest absolute Gasteiger partial charge is 0.340 e. The lowest BCUT2D eigenvalue weighted by atomic mass is 9.96. The van der Waals surface area contributed by atoms with E-state index < -0.39 is 5.54 Å². The fourth-order valence-corrected chi connectivity index (χ4v) is 3.27. The second kappa shape index (κ2) is 5.60. The molecule has 1 aliphatic carbocycles. The van der Waals surface area contributed by atoms with Gasteiger partial charge in [0.15, 0.2) is 5.82 Å². The average molecular weight is 350 g/mol. The maximum absolute atomic E-state index is 12.6. The Labute approximate surface area is 131 Å². The quantitative estimate of drug-likeness (QED) is 0.922. The monoisotopic (exact) mass is 349 g/mol. The van der Waals surface area contributed by atoms with Crippen LogP contribution in [0.15, 0.2) is 33.3 Å². The van der Waals surface area contributed by atoms with Gasteiger partial charge in [0.1, 0.15) is 5.54 Å². The molecular formula is C15H16BrN3O2. The first-order chi connectivity index (χ1) is 10.1. The van der Waals surface area contributed by atoms with Gasteiger partial charge in [-0.15, -0.1) is 0 Å². The lowest BCUT2D eigenvalue weighted by molar-refractivity contribution is 0.0891. The summed E-state index contributed by atoms with van der Waals surface area (Å²) >= 11 is 3.41. The Morgan fingerprint density at radius 1 is 1.33 bits per heavy atom. The molecule has 0 radical (unpaired) electrons. The summed E-state index contributed by atoms with van der Waals surface area (Å²) in [6, 6.07) is 7.38. The summed E-state index contributed by atoms with van der Waals surface area (Å²) in [5.74, 6) is 0.983. The van der Waals surface area contributed by atoms with E-state index in [1.807, 2.05) is 18.2 Å². The van der Waals surface area contributed by atoms with E-state index in [9.17, 15) is 4.79 Å². The van der Waals surface area contributed by atoms with Crippen molar-refractivity contribution in [3.63, 3.8) is 0 Å². The maximum Gasteiger partial charge on any atom is 0.253 e. The third kappa shape index (κ3) is 2.72. The average Bonchev–Trinajstić information content (AvgIpc) is 3.09. The molecule has 0 aliphatic heterocycles. The molecule has 1 N–H and O–H groups in total. The Bertz CT molecular complexity index is 662. The molecule has 1 fully saturated rings. The van der Waals surface area contributed by atoms with Crippen molar-refractivity contribution in [2.75, 3.05) is 0 Å². The Morgan fingerprint density at radius 2 is 2.05 bits per heavy atom. The van der Waals surface area contributed by atoms with Crippen LogP contribution < -0.4 is 5.32 Å². The molecule has 0 atom stereocenters. The number of halogens is 1. The predicted molar refractivity (Wildman–Crippen MR) is 80.8 cm³/mol. The van der Waals surface area contributed by atoms with Crippen molar-refractivity contribution in [1.82, 2.24) is 15.5 Å². The van der Waals surface area contributed by atoms with Crippen LogP contribution in [0.2, 0.25) is 0 Å². The minimum atomic E-state index is -0.510. The Hall–Kier alpha value is -1.69. The van der Waals surface area contributed by atoms with Crippen molar-refractivity contribution < 1.29 is 9.32 Å². The molecule has 1 saturated carbocycles. The van der Waals surface area contributed by atoms with Crippen molar-refractivity contribution in [2.24, 2.45) is 0 Å². The molecule has 1 amide bonds. The van der Waals surface area contributed by atoms with E-state index in [0.717, 1.165) is 30.2 Å². The molecule has 6 heteroatoms. The van der Waals surface area contributed by atoms with Crippen LogP contribution in [0.4, 0.5) is 0 Å². The van der Waals surface area contributed by atoms with E-state index >= 15 is 0 Å². The van der Waals surface area contributed by atoms with Crippen LogP contribution in [0.3, 0.4) is 0 Å². The minimum Gasteiger partial charge on any atom is -0.340 e. The van der Waals surface area contributed by atoms with Gasteiger partial charge in [-0.2, -0.15) is 4.98 Å². The zero-order chi connectivity index (χ0) is 14.9. The third-order valence-electron chi connectivity index (χ3n) is 3.88. The fourth-order valence-electron chi connectivity index (χ4n) is 2.81. The standard InChI is InChI=1S/C15H16BrN3O2/c1-10-17-14(19-21-10)15(8-4-5-9-15)18-13(20)11-6-2-3-7-12(11)16/h2-3,6-7H,4-5,8-9H2,1H3,(H,18,20). The number of aromatic nitrogens is 2. The molecule has 0 spiro atoms. The number of aryl methyl sites for hydroxylation is 1. The van der Waals surface area contributed by atoms with Crippen LogP contribution >= 0.6 is 15.9 Å². The van der Waals surface area contributed by atoms with Crippen molar-refractivity contribution in [3.8, 4) is 0 Å². The Kier molecular flexibility index (Phi) is 3.80. The second-order valence-electron chi connectivity index (χ2n) is 5.36. The first-order valence-electron chi connectivity index (χ1n) is 6.99. The summed E-state index contributed by atoms with van der Waals surface area (Å²) in [6.07, 6.45) is 3.76. The normalized spacial score (nSPS) is 16.9. The highest BCUT2D eigenvalue weighted by Crippen LogP contribution is 2.37. The maximum atomic E-state index is 12.6. The van der Waals surface area contributed by atoms with E-state index in [1.54, 1.807) is 13.0 Å². The van der Waals surface area contributed by atoms with E-state index in [0.29, 0.717) is 17.3 Å². The fraction of sp³-hybridized carbons (Fsp3) is 0.400. The molecule has 1 aromatic carbocycles. The minimum absolute atomic E-state index is 0.119. The number of amides is 1. The van der Waals surface area contributed by atoms with Gasteiger partial charge in [-0.3, -0.25) is 4.79 Å². The van der Waals surface area contributed by atoms with Gasteiger partial charge in [0.25, 0.3) is 5.91 Å². The first-order valence-corrected chi connectivity index (χ1v) is 7.78. The second-order valence-corrected chi connectivity index (χ2v) is 6.21. The summed E-state index contributed by atoms with van der Waals surface area (Å²) in [5, 5.41) is 7.15. The predicted octanol–water partition coefficient (Wildman–Crippen LogP) is 3.34. The van der Waals surface area contributed by atoms with Crippen LogP contribution in [0, 0.1) is 6.92 Å². The zero-order valence-corrected chi connectivity index (χ0v) is 13.3. The summed E-state index contributed by atoms with van der Waals surface area (Å²) in [7, 11) is 0. The number of carbonyl (C=O) groups is 1. The number of nitrogens with one attached hydrogen (secondary N) is 1. The highest BCUT2D eigenvalue weighted by Gasteiger charge is 2.41. The van der Waals surface area contributed by atoms with E-state index in [4.69, 9.17) is 4.52 Å². The summed E-state index contributed by atoms with van der Waals surface area (Å²) in [6.45, 7) is 1.76. The summed E-state index contributed by atoms with van der Waals surface area (Å²) < 4.78 is 5.87. The number of hydrogen-bond acceptors (Lipinski definition) is 4. The number of benzene rings is 1. The van der Waals surface area contributed by atoms with Gasteiger partial charge in [-0.25, -0.2) is 0 Å². The molecule has 0 unspecified atom stereocenters. The molecule has 0 bridgehead atoms. The van der Waals surface area contributed by atoms with E-state index in [-0.39, 0.29) is 5.91 Å². The molecule has 1 aliphatic rings. The Morgan fingerprint density at radius 3 is 2.67 bits per heavy atom. The first kappa shape index (κ1) is 14.3. The smallest absolute Gasteiger partial charge is 0.253 e. The third-order valence-corrected chi connectivity index (χ3v) is 4.58. The van der Waals surface area contributed by atoms with Gasteiger partial charge >= 0.3 is 0 Å². The molecule has 2 aromatic rings. The van der Waals surface area contributed by atoms with Gasteiger partial charge in [-0.05, 0) is 40.9 Å². The lowest BCUT2D eigenvalue weighted by Crippen LogP contribution is -2.44. The summed E-state index contributed by atoms with van der Waals surface area (Å²) in [5.41, 5.74) is 0.105. The molecule has 110 valence electrons. The van der Waals surface area contributed by atoms with Gasteiger partial charge in [0.05, 0.1) is 5.56 Å². The van der Waals surface area contributed by atoms with Gasteiger partial charge < -0.3 is 9.84 Å². The SMILES string of the molecule is Cc1nc(C2(NC(=O)c3ccccc3Br)CCCC2)no1. The van der Waals surface area contributed by atoms with Crippen LogP contribution in [0.1, 0.15) is 47.8 Å². The van der Waals surface area contributed by atoms with Gasteiger partial charge in [0.2, 0.25) is 5.89 Å². The number of carbonyl (C=O) groups excluding carboxylic acids is 1. The van der Waals surface area contributed by atoms with Crippen LogP contribution in [0.5, 0.6) is 0 Å². The van der Waals surface area contributed by atoms with Crippen LogP contribution in [-0.2, 0) is 5.54 Å². The molecule has 3 rings (SSSR count). The number of rotatable bonds is 3. The molecular weight excluding hydrogens is 334 g/mol. The topological polar surface area (TPSA) is 68.0 Å². The van der Waals surface area contributed by atoms with Crippen molar-refractivity contribution in [3.05, 3.63) is 46.0 Å². The van der Waals surface area contributed by atoms with E-state index in [1.165, 1.54) is 0 Å². The molecule has 21 heavy (non-hydrogen) atoms. The van der Waals surface area contributed by atoms with Crippen molar-refractivity contribution in [1.29, 1.82) is 0 Å². The molecule has 1 heterocycles. The molecule has 5 nitrogen and oxygen atoms in total. The highest BCUT2D eigenvalue weighted by molar-refractivity contribution is 9.10. The molecule has 1 aromatic heterocycles. The highest BCUT2D eigenvalue weighted by atomic mass is 79.9. The van der Waals surface area contributed by atoms with Crippen LogP contribution in [0.25, 0.3) is 0 Å². The zero-order valence-electron chi connectivity index (χ0n) is 11.7.